The zero-order valence-corrected chi connectivity index (χ0v) is 16.1. The summed E-state index contributed by atoms with van der Waals surface area (Å²) in [6.45, 7) is 1.51. The Morgan fingerprint density at radius 1 is 1.37 bits per heavy atom. The second-order valence-corrected chi connectivity index (χ2v) is 8.23. The number of carbonyl (C=O) groups is 1. The van der Waals surface area contributed by atoms with Gasteiger partial charge in [-0.2, -0.15) is 0 Å². The Morgan fingerprint density at radius 3 is 2.77 bits per heavy atom. The zero-order chi connectivity index (χ0) is 21.2. The third-order valence-electron chi connectivity index (χ3n) is 6.45. The van der Waals surface area contributed by atoms with Gasteiger partial charge in [-0.05, 0) is 25.3 Å². The number of hydrogen-bond donors (Lipinski definition) is 2. The second-order valence-electron chi connectivity index (χ2n) is 8.23. The van der Waals surface area contributed by atoms with Crippen LogP contribution in [0.2, 0.25) is 0 Å². The summed E-state index contributed by atoms with van der Waals surface area (Å²) >= 11 is 0. The highest BCUT2D eigenvalue weighted by Gasteiger charge is 2.51. The number of fused-ring (bicyclic) bond motifs is 2. The van der Waals surface area contributed by atoms with Crippen LogP contribution in [0.1, 0.15) is 25.3 Å². The number of rotatable bonds is 4. The summed E-state index contributed by atoms with van der Waals surface area (Å²) in [5.74, 6) is -2.13. The standard InChI is InChI=1S/C20H21F2N3O5/c21-13-5-12-16(25(11-1-2-11)7-14(18(12)26)30-19(27)28)15(22)17(13)24-6-10-3-4-29-20(10,8-23)9-24/h5,7,10-11H,1-4,6,8-9,23H2,(H,27,28)/t10-,20?/m0/s1. The van der Waals surface area contributed by atoms with Crippen LogP contribution >= 0.6 is 0 Å². The van der Waals surface area contributed by atoms with E-state index in [1.165, 1.54) is 10.8 Å². The van der Waals surface area contributed by atoms with Gasteiger partial charge in [-0.25, -0.2) is 13.6 Å². The molecule has 10 heteroatoms. The Hall–Kier alpha value is -2.72. The van der Waals surface area contributed by atoms with Crippen molar-refractivity contribution in [2.45, 2.75) is 30.9 Å². The van der Waals surface area contributed by atoms with Gasteiger partial charge in [0.1, 0.15) is 17.1 Å². The molecule has 2 saturated heterocycles. The molecule has 0 spiro atoms. The van der Waals surface area contributed by atoms with Crippen molar-refractivity contribution in [3.8, 4) is 5.75 Å². The summed E-state index contributed by atoms with van der Waals surface area (Å²) in [7, 11) is 0. The SMILES string of the molecule is NCC12CN(c3c(F)cc4c(=O)c(OC(=O)O)cn(C5CC5)c4c3F)C[C@@H]1CCO2. The lowest BCUT2D eigenvalue weighted by Crippen LogP contribution is -2.44. The second kappa shape index (κ2) is 6.64. The van der Waals surface area contributed by atoms with Crippen LogP contribution in [0.5, 0.6) is 5.75 Å². The molecule has 5 rings (SSSR count). The smallest absolute Gasteiger partial charge is 0.449 e. The van der Waals surface area contributed by atoms with E-state index in [-0.39, 0.29) is 41.6 Å². The number of pyridine rings is 1. The van der Waals surface area contributed by atoms with Gasteiger partial charge in [0.15, 0.2) is 11.6 Å². The number of anilines is 1. The Balaban J connectivity index is 1.68. The lowest BCUT2D eigenvalue weighted by atomic mass is 9.91. The van der Waals surface area contributed by atoms with Gasteiger partial charge in [0.2, 0.25) is 5.43 Å². The number of nitrogens with zero attached hydrogens (tertiary/aromatic N) is 2. The molecular formula is C20H21F2N3O5. The fraction of sp³-hybridized carbons (Fsp3) is 0.500. The first-order valence-electron chi connectivity index (χ1n) is 9.91. The van der Waals surface area contributed by atoms with E-state index in [1.807, 2.05) is 0 Å². The summed E-state index contributed by atoms with van der Waals surface area (Å²) in [6, 6.07) is 0.863. The molecule has 1 aromatic heterocycles. The maximum atomic E-state index is 15.7. The molecule has 1 aliphatic carbocycles. The topological polar surface area (TPSA) is 107 Å². The van der Waals surface area contributed by atoms with Gasteiger partial charge in [-0.3, -0.25) is 4.79 Å². The number of hydrogen-bond acceptors (Lipinski definition) is 6. The van der Waals surface area contributed by atoms with Crippen molar-refractivity contribution in [1.82, 2.24) is 4.57 Å². The highest BCUT2D eigenvalue weighted by Crippen LogP contribution is 2.44. The lowest BCUT2D eigenvalue weighted by Gasteiger charge is -2.27. The third kappa shape index (κ3) is 2.78. The molecule has 0 amide bonds. The maximum absolute atomic E-state index is 15.7. The lowest BCUT2D eigenvalue weighted by molar-refractivity contribution is 0.0126. The molecule has 3 aliphatic rings. The molecule has 2 atom stereocenters. The van der Waals surface area contributed by atoms with Crippen molar-refractivity contribution in [2.75, 3.05) is 31.1 Å². The summed E-state index contributed by atoms with van der Waals surface area (Å²) in [4.78, 5) is 25.2. The number of ether oxygens (including phenoxy) is 2. The summed E-state index contributed by atoms with van der Waals surface area (Å²) in [5, 5.41) is 8.64. The van der Waals surface area contributed by atoms with Crippen molar-refractivity contribution in [1.29, 1.82) is 0 Å². The van der Waals surface area contributed by atoms with Gasteiger partial charge in [0.05, 0.1) is 17.1 Å². The molecule has 3 N–H and O–H groups in total. The van der Waals surface area contributed by atoms with E-state index in [0.29, 0.717) is 13.2 Å². The minimum atomic E-state index is -1.66. The van der Waals surface area contributed by atoms with E-state index in [4.69, 9.17) is 15.6 Å². The molecule has 1 aromatic carbocycles. The normalized spacial score (nSPS) is 25.7. The molecule has 160 valence electrons. The van der Waals surface area contributed by atoms with E-state index < -0.39 is 34.6 Å². The Morgan fingerprint density at radius 2 is 2.13 bits per heavy atom. The minimum absolute atomic E-state index is 0.0450. The van der Waals surface area contributed by atoms with Gasteiger partial charge in [-0.15, -0.1) is 0 Å². The molecule has 3 fully saturated rings. The van der Waals surface area contributed by atoms with Crippen LogP contribution in [-0.2, 0) is 4.74 Å². The number of carboxylic acid groups (broad SMARTS) is 1. The van der Waals surface area contributed by atoms with Crippen molar-refractivity contribution in [3.05, 3.63) is 34.1 Å². The van der Waals surface area contributed by atoms with E-state index in [1.54, 1.807) is 4.90 Å². The van der Waals surface area contributed by atoms with E-state index in [2.05, 4.69) is 4.74 Å². The van der Waals surface area contributed by atoms with Crippen molar-refractivity contribution < 1.29 is 28.2 Å². The van der Waals surface area contributed by atoms with E-state index in [0.717, 1.165) is 25.3 Å². The van der Waals surface area contributed by atoms with Gasteiger partial charge < -0.3 is 29.8 Å². The van der Waals surface area contributed by atoms with Crippen LogP contribution < -0.4 is 20.8 Å². The highest BCUT2D eigenvalue weighted by molar-refractivity contribution is 5.86. The fourth-order valence-electron chi connectivity index (χ4n) is 4.84. The summed E-state index contributed by atoms with van der Waals surface area (Å²) in [6.07, 6.45) is 1.79. The van der Waals surface area contributed by atoms with E-state index >= 15 is 8.78 Å². The van der Waals surface area contributed by atoms with Gasteiger partial charge in [0, 0.05) is 38.2 Å². The van der Waals surface area contributed by atoms with Crippen LogP contribution in [0.3, 0.4) is 0 Å². The predicted octanol–water partition coefficient (Wildman–Crippen LogP) is 2.23. The largest absolute Gasteiger partial charge is 0.511 e. The van der Waals surface area contributed by atoms with Gasteiger partial charge >= 0.3 is 6.16 Å². The number of benzene rings is 1. The van der Waals surface area contributed by atoms with Crippen molar-refractivity contribution in [2.24, 2.45) is 11.7 Å². The predicted molar refractivity (Wildman–Crippen MR) is 103 cm³/mol. The molecule has 0 radical (unpaired) electrons. The zero-order valence-electron chi connectivity index (χ0n) is 16.1. The van der Waals surface area contributed by atoms with E-state index in [9.17, 15) is 9.59 Å². The number of halogens is 2. The molecule has 2 aromatic rings. The summed E-state index contributed by atoms with van der Waals surface area (Å²) < 4.78 is 42.7. The molecule has 2 aliphatic heterocycles. The Labute approximate surface area is 169 Å². The van der Waals surface area contributed by atoms with Crippen LogP contribution in [0.15, 0.2) is 17.1 Å². The molecular weight excluding hydrogens is 400 g/mol. The van der Waals surface area contributed by atoms with Crippen molar-refractivity contribution in [3.63, 3.8) is 0 Å². The molecule has 8 nitrogen and oxygen atoms in total. The van der Waals surface area contributed by atoms with Gasteiger partial charge in [-0.1, -0.05) is 0 Å². The molecule has 30 heavy (non-hydrogen) atoms. The Bertz CT molecular complexity index is 1120. The number of nitrogens with two attached hydrogens (primary N) is 1. The first-order chi connectivity index (χ1) is 14.3. The Kier molecular flexibility index (Phi) is 4.26. The number of aromatic nitrogens is 1. The molecule has 3 heterocycles. The average molecular weight is 421 g/mol. The quantitative estimate of drug-likeness (QED) is 0.729. The van der Waals surface area contributed by atoms with Crippen LogP contribution in [0, 0.1) is 17.6 Å². The molecule has 1 saturated carbocycles. The summed E-state index contributed by atoms with van der Waals surface area (Å²) in [5.41, 5.74) is 4.17. The minimum Gasteiger partial charge on any atom is -0.449 e. The fourth-order valence-corrected chi connectivity index (χ4v) is 4.84. The maximum Gasteiger partial charge on any atom is 0.511 e. The monoisotopic (exact) mass is 421 g/mol. The van der Waals surface area contributed by atoms with Crippen LogP contribution in [-0.4, -0.2) is 47.7 Å². The first-order valence-corrected chi connectivity index (χ1v) is 9.91. The van der Waals surface area contributed by atoms with Crippen LogP contribution in [0.4, 0.5) is 19.3 Å². The third-order valence-corrected chi connectivity index (χ3v) is 6.45. The van der Waals surface area contributed by atoms with Gasteiger partial charge in [0.25, 0.3) is 0 Å². The first kappa shape index (κ1) is 19.3. The van der Waals surface area contributed by atoms with Crippen molar-refractivity contribution >= 4 is 22.7 Å². The van der Waals surface area contributed by atoms with Crippen LogP contribution in [0.25, 0.3) is 10.9 Å². The molecule has 0 bridgehead atoms. The molecule has 1 unspecified atom stereocenters. The highest BCUT2D eigenvalue weighted by atomic mass is 19.1. The average Bonchev–Trinajstić information content (AvgIpc) is 3.36.